The topological polar surface area (TPSA) is 29.5 Å². The molecule has 0 aromatic heterocycles. The fourth-order valence-electron chi connectivity index (χ4n) is 3.09. The Morgan fingerprint density at radius 1 is 1.12 bits per heavy atom. The molecule has 0 atom stereocenters. The van der Waals surface area contributed by atoms with Gasteiger partial charge in [0.25, 0.3) is 0 Å². The summed E-state index contributed by atoms with van der Waals surface area (Å²) in [5.74, 6) is 1.48. The van der Waals surface area contributed by atoms with Gasteiger partial charge in [0.2, 0.25) is 5.91 Å². The SMILES string of the molecule is COc1ccccc1/C=C/C(=O)N(Cc1ccccc1)CC1CCC1. The van der Waals surface area contributed by atoms with Gasteiger partial charge < -0.3 is 9.64 Å². The van der Waals surface area contributed by atoms with Crippen LogP contribution in [-0.2, 0) is 11.3 Å². The first kappa shape index (κ1) is 17.3. The second-order valence-electron chi connectivity index (χ2n) is 6.58. The van der Waals surface area contributed by atoms with E-state index in [0.717, 1.165) is 17.9 Å². The van der Waals surface area contributed by atoms with E-state index in [4.69, 9.17) is 4.74 Å². The van der Waals surface area contributed by atoms with Crippen molar-refractivity contribution in [3.8, 4) is 5.75 Å². The number of methoxy groups -OCH3 is 1. The predicted octanol–water partition coefficient (Wildman–Crippen LogP) is 4.54. The average Bonchev–Trinajstić information content (AvgIpc) is 2.62. The highest BCUT2D eigenvalue weighted by molar-refractivity contribution is 5.92. The number of hydrogen-bond acceptors (Lipinski definition) is 2. The molecule has 0 spiro atoms. The number of carbonyl (C=O) groups excluding carboxylic acids is 1. The van der Waals surface area contributed by atoms with Crippen LogP contribution in [0, 0.1) is 5.92 Å². The highest BCUT2D eigenvalue weighted by Gasteiger charge is 2.22. The molecule has 0 unspecified atom stereocenters. The van der Waals surface area contributed by atoms with Gasteiger partial charge in [-0.15, -0.1) is 0 Å². The quantitative estimate of drug-likeness (QED) is 0.695. The number of benzene rings is 2. The van der Waals surface area contributed by atoms with Crippen molar-refractivity contribution < 1.29 is 9.53 Å². The number of nitrogens with zero attached hydrogens (tertiary/aromatic N) is 1. The lowest BCUT2D eigenvalue weighted by Gasteiger charge is -2.32. The Bertz CT molecular complexity index is 720. The Morgan fingerprint density at radius 3 is 2.52 bits per heavy atom. The average molecular weight is 335 g/mol. The van der Waals surface area contributed by atoms with E-state index < -0.39 is 0 Å². The highest BCUT2D eigenvalue weighted by Crippen LogP contribution is 2.28. The molecule has 0 bridgehead atoms. The molecular weight excluding hydrogens is 310 g/mol. The summed E-state index contributed by atoms with van der Waals surface area (Å²) in [6.45, 7) is 1.50. The molecule has 3 nitrogen and oxygen atoms in total. The zero-order valence-corrected chi connectivity index (χ0v) is 14.7. The van der Waals surface area contributed by atoms with Crippen molar-refractivity contribution in [1.29, 1.82) is 0 Å². The third-order valence-electron chi connectivity index (χ3n) is 4.78. The third-order valence-corrected chi connectivity index (χ3v) is 4.78. The maximum absolute atomic E-state index is 12.8. The fraction of sp³-hybridized carbons (Fsp3) is 0.318. The lowest BCUT2D eigenvalue weighted by Crippen LogP contribution is -2.36. The molecule has 0 aliphatic heterocycles. The molecule has 0 radical (unpaired) electrons. The first-order valence-electron chi connectivity index (χ1n) is 8.90. The zero-order chi connectivity index (χ0) is 17.5. The van der Waals surface area contributed by atoms with E-state index in [2.05, 4.69) is 12.1 Å². The molecule has 3 rings (SSSR count). The minimum absolute atomic E-state index is 0.0571. The molecule has 1 fully saturated rings. The molecule has 1 saturated carbocycles. The van der Waals surface area contributed by atoms with Crippen molar-refractivity contribution in [3.63, 3.8) is 0 Å². The summed E-state index contributed by atoms with van der Waals surface area (Å²) < 4.78 is 5.35. The Balaban J connectivity index is 1.72. The van der Waals surface area contributed by atoms with Crippen LogP contribution in [0.25, 0.3) is 6.08 Å². The van der Waals surface area contributed by atoms with Crippen LogP contribution in [0.2, 0.25) is 0 Å². The number of para-hydroxylation sites is 1. The van der Waals surface area contributed by atoms with Gasteiger partial charge in [-0.05, 0) is 36.5 Å². The van der Waals surface area contributed by atoms with Gasteiger partial charge in [0.15, 0.2) is 0 Å². The smallest absolute Gasteiger partial charge is 0.246 e. The minimum Gasteiger partial charge on any atom is -0.496 e. The molecule has 25 heavy (non-hydrogen) atoms. The van der Waals surface area contributed by atoms with Gasteiger partial charge in [-0.1, -0.05) is 55.0 Å². The second kappa shape index (κ2) is 8.52. The van der Waals surface area contributed by atoms with Crippen molar-refractivity contribution in [3.05, 3.63) is 71.8 Å². The summed E-state index contributed by atoms with van der Waals surface area (Å²) in [4.78, 5) is 14.8. The number of ether oxygens (including phenoxy) is 1. The Labute approximate surface area is 149 Å². The lowest BCUT2D eigenvalue weighted by atomic mass is 9.85. The predicted molar refractivity (Wildman–Crippen MR) is 101 cm³/mol. The molecule has 1 amide bonds. The first-order valence-corrected chi connectivity index (χ1v) is 8.90. The summed E-state index contributed by atoms with van der Waals surface area (Å²) in [5.41, 5.74) is 2.09. The van der Waals surface area contributed by atoms with E-state index in [-0.39, 0.29) is 5.91 Å². The Kier molecular flexibility index (Phi) is 5.89. The van der Waals surface area contributed by atoms with Crippen molar-refractivity contribution in [1.82, 2.24) is 4.90 Å². The number of carbonyl (C=O) groups is 1. The molecule has 0 saturated heterocycles. The molecule has 3 heteroatoms. The molecule has 2 aromatic rings. The fourth-order valence-corrected chi connectivity index (χ4v) is 3.09. The van der Waals surface area contributed by atoms with Gasteiger partial charge in [0.1, 0.15) is 5.75 Å². The minimum atomic E-state index is 0.0571. The standard InChI is InChI=1S/C22H25NO2/c1-25-21-13-6-5-12-20(21)14-15-22(24)23(17-19-10-7-11-19)16-18-8-3-2-4-9-18/h2-6,8-9,12-15,19H,7,10-11,16-17H2,1H3/b15-14+. The van der Waals surface area contributed by atoms with Crippen LogP contribution in [0.1, 0.15) is 30.4 Å². The largest absolute Gasteiger partial charge is 0.496 e. The van der Waals surface area contributed by atoms with E-state index >= 15 is 0 Å². The number of amides is 1. The lowest BCUT2D eigenvalue weighted by molar-refractivity contribution is -0.127. The molecule has 2 aromatic carbocycles. The van der Waals surface area contributed by atoms with Crippen LogP contribution in [0.15, 0.2) is 60.7 Å². The van der Waals surface area contributed by atoms with Crippen LogP contribution in [-0.4, -0.2) is 24.5 Å². The van der Waals surface area contributed by atoms with Gasteiger partial charge in [-0.25, -0.2) is 0 Å². The van der Waals surface area contributed by atoms with Crippen LogP contribution < -0.4 is 4.74 Å². The van der Waals surface area contributed by atoms with Crippen molar-refractivity contribution >= 4 is 12.0 Å². The van der Waals surface area contributed by atoms with Gasteiger partial charge in [0.05, 0.1) is 7.11 Å². The zero-order valence-electron chi connectivity index (χ0n) is 14.7. The molecular formula is C22H25NO2. The molecule has 1 aliphatic carbocycles. The molecule has 0 heterocycles. The third kappa shape index (κ3) is 4.72. The molecule has 1 aliphatic rings. The van der Waals surface area contributed by atoms with Crippen molar-refractivity contribution in [2.24, 2.45) is 5.92 Å². The van der Waals surface area contributed by atoms with Gasteiger partial charge in [-0.3, -0.25) is 4.79 Å². The van der Waals surface area contributed by atoms with Gasteiger partial charge in [-0.2, -0.15) is 0 Å². The Morgan fingerprint density at radius 2 is 1.84 bits per heavy atom. The van der Waals surface area contributed by atoms with Gasteiger partial charge in [0, 0.05) is 24.7 Å². The van der Waals surface area contributed by atoms with Crippen LogP contribution in [0.5, 0.6) is 5.75 Å². The van der Waals surface area contributed by atoms with Crippen LogP contribution in [0.4, 0.5) is 0 Å². The van der Waals surface area contributed by atoms with Crippen LogP contribution >= 0.6 is 0 Å². The summed E-state index contributed by atoms with van der Waals surface area (Å²) >= 11 is 0. The molecule has 0 N–H and O–H groups in total. The van der Waals surface area contributed by atoms with Gasteiger partial charge >= 0.3 is 0 Å². The van der Waals surface area contributed by atoms with Crippen molar-refractivity contribution in [2.45, 2.75) is 25.8 Å². The first-order chi connectivity index (χ1) is 12.3. The van der Waals surface area contributed by atoms with E-state index in [1.807, 2.05) is 53.4 Å². The van der Waals surface area contributed by atoms with Crippen molar-refractivity contribution in [2.75, 3.05) is 13.7 Å². The maximum Gasteiger partial charge on any atom is 0.246 e. The number of rotatable bonds is 7. The summed E-state index contributed by atoms with van der Waals surface area (Å²) in [6, 6.07) is 17.9. The Hall–Kier alpha value is -2.55. The van der Waals surface area contributed by atoms with E-state index in [9.17, 15) is 4.79 Å². The monoisotopic (exact) mass is 335 g/mol. The summed E-state index contributed by atoms with van der Waals surface area (Å²) in [6.07, 6.45) is 7.26. The summed E-state index contributed by atoms with van der Waals surface area (Å²) in [5, 5.41) is 0. The second-order valence-corrected chi connectivity index (χ2v) is 6.58. The number of hydrogen-bond donors (Lipinski definition) is 0. The van der Waals surface area contributed by atoms with E-state index in [1.165, 1.54) is 24.8 Å². The summed E-state index contributed by atoms with van der Waals surface area (Å²) in [7, 11) is 1.65. The normalized spacial score (nSPS) is 14.3. The van der Waals surface area contributed by atoms with E-state index in [1.54, 1.807) is 13.2 Å². The highest BCUT2D eigenvalue weighted by atomic mass is 16.5. The molecule has 130 valence electrons. The maximum atomic E-state index is 12.8. The van der Waals surface area contributed by atoms with E-state index in [0.29, 0.717) is 12.5 Å². The van der Waals surface area contributed by atoms with Crippen LogP contribution in [0.3, 0.4) is 0 Å².